The summed E-state index contributed by atoms with van der Waals surface area (Å²) in [7, 11) is 0. The Labute approximate surface area is 280 Å². The Hall–Kier alpha value is -6.52. The van der Waals surface area contributed by atoms with E-state index in [4.69, 9.17) is 9.97 Å². The summed E-state index contributed by atoms with van der Waals surface area (Å²) >= 11 is 0. The van der Waals surface area contributed by atoms with Crippen LogP contribution in [-0.2, 0) is 0 Å². The summed E-state index contributed by atoms with van der Waals surface area (Å²) in [5, 5.41) is 0. The van der Waals surface area contributed by atoms with Gasteiger partial charge in [0.15, 0.2) is 5.82 Å². The highest BCUT2D eigenvalue weighted by Gasteiger charge is 2.15. The minimum Gasteiger partial charge on any atom is -0.256 e. The lowest BCUT2D eigenvalue weighted by molar-refractivity contribution is 1.18. The third-order valence-electron chi connectivity index (χ3n) is 8.37. The molecule has 48 heavy (non-hydrogen) atoms. The van der Waals surface area contributed by atoms with Crippen molar-refractivity contribution in [2.75, 3.05) is 0 Å². The molecule has 0 unspecified atom stereocenters. The van der Waals surface area contributed by atoms with Crippen LogP contribution in [0.2, 0.25) is 0 Å². The first-order chi connectivity index (χ1) is 23.8. The van der Waals surface area contributed by atoms with Crippen LogP contribution in [0.4, 0.5) is 0 Å². The summed E-state index contributed by atoms with van der Waals surface area (Å²) in [6.45, 7) is 0. The molecular formula is C44H30N4. The van der Waals surface area contributed by atoms with E-state index in [9.17, 15) is 0 Å². The van der Waals surface area contributed by atoms with E-state index in [0.29, 0.717) is 5.82 Å². The summed E-state index contributed by atoms with van der Waals surface area (Å²) in [5.74, 6) is 0.660. The maximum Gasteiger partial charge on any atom is 0.160 e. The number of rotatable bonds is 7. The maximum atomic E-state index is 5.23. The summed E-state index contributed by atoms with van der Waals surface area (Å²) in [5.41, 5.74) is 12.9. The van der Waals surface area contributed by atoms with E-state index in [1.54, 1.807) is 0 Å². The molecule has 8 aromatic rings. The van der Waals surface area contributed by atoms with Crippen LogP contribution >= 0.6 is 0 Å². The first kappa shape index (κ1) is 28.9. The molecule has 4 heteroatoms. The van der Waals surface area contributed by atoms with Gasteiger partial charge in [0, 0.05) is 40.2 Å². The Morgan fingerprint density at radius 3 is 1.17 bits per heavy atom. The van der Waals surface area contributed by atoms with Gasteiger partial charge in [0.2, 0.25) is 0 Å². The Morgan fingerprint density at radius 1 is 0.250 bits per heavy atom. The fourth-order valence-corrected chi connectivity index (χ4v) is 5.97. The summed E-state index contributed by atoms with van der Waals surface area (Å²) < 4.78 is 0. The van der Waals surface area contributed by atoms with Gasteiger partial charge in [0.1, 0.15) is 0 Å². The Morgan fingerprint density at radius 2 is 0.646 bits per heavy atom. The molecule has 0 aliphatic heterocycles. The van der Waals surface area contributed by atoms with Crippen LogP contribution in [0.1, 0.15) is 0 Å². The van der Waals surface area contributed by atoms with E-state index < -0.39 is 0 Å². The van der Waals surface area contributed by atoms with Gasteiger partial charge >= 0.3 is 0 Å². The predicted molar refractivity (Wildman–Crippen MR) is 196 cm³/mol. The van der Waals surface area contributed by atoms with Gasteiger partial charge in [0.25, 0.3) is 0 Å². The van der Waals surface area contributed by atoms with Gasteiger partial charge in [-0.25, -0.2) is 9.97 Å². The SMILES string of the molecule is c1ccc(-c2cccc(-c3cc(-c4cc(-c5ccccn5)cc(-c5ccccn5)c4)nc(-c4cccc(-c5ccccc5)c4)n3)c2)cc1. The van der Waals surface area contributed by atoms with Crippen molar-refractivity contribution in [1.82, 2.24) is 19.9 Å². The van der Waals surface area contributed by atoms with Crippen molar-refractivity contribution in [3.05, 3.63) is 182 Å². The van der Waals surface area contributed by atoms with Gasteiger partial charge < -0.3 is 0 Å². The van der Waals surface area contributed by atoms with Crippen LogP contribution in [-0.4, -0.2) is 19.9 Å². The molecule has 0 saturated carbocycles. The molecule has 0 aliphatic rings. The molecule has 0 radical (unpaired) electrons. The maximum absolute atomic E-state index is 5.23. The van der Waals surface area contributed by atoms with Crippen molar-refractivity contribution >= 4 is 0 Å². The molecule has 0 atom stereocenters. The molecule has 5 aromatic carbocycles. The van der Waals surface area contributed by atoms with Crippen molar-refractivity contribution in [2.24, 2.45) is 0 Å². The molecule has 226 valence electrons. The fraction of sp³-hybridized carbons (Fsp3) is 0. The van der Waals surface area contributed by atoms with Crippen LogP contribution in [0, 0.1) is 0 Å². The molecule has 8 rings (SSSR count). The van der Waals surface area contributed by atoms with Crippen LogP contribution in [0.25, 0.3) is 78.7 Å². The number of benzene rings is 5. The highest BCUT2D eigenvalue weighted by Crippen LogP contribution is 2.35. The molecule has 0 fully saturated rings. The molecular weight excluding hydrogens is 585 g/mol. The van der Waals surface area contributed by atoms with Crippen molar-refractivity contribution in [2.45, 2.75) is 0 Å². The highest BCUT2D eigenvalue weighted by molar-refractivity contribution is 5.81. The minimum absolute atomic E-state index is 0.660. The number of nitrogens with zero attached hydrogens (tertiary/aromatic N) is 4. The van der Waals surface area contributed by atoms with E-state index in [2.05, 4.69) is 131 Å². The van der Waals surface area contributed by atoms with Crippen molar-refractivity contribution < 1.29 is 0 Å². The smallest absolute Gasteiger partial charge is 0.160 e. The lowest BCUT2D eigenvalue weighted by Crippen LogP contribution is -1.97. The Bertz CT molecular complexity index is 2160. The zero-order valence-electron chi connectivity index (χ0n) is 26.1. The predicted octanol–water partition coefficient (Wildman–Crippen LogP) is 10.9. The van der Waals surface area contributed by atoms with Crippen LogP contribution in [0.5, 0.6) is 0 Å². The number of aromatic nitrogens is 4. The zero-order chi connectivity index (χ0) is 32.1. The molecule has 3 heterocycles. The fourth-order valence-electron chi connectivity index (χ4n) is 5.97. The molecule has 0 aliphatic carbocycles. The number of pyridine rings is 2. The second kappa shape index (κ2) is 13.1. The van der Waals surface area contributed by atoms with E-state index in [1.807, 2.05) is 60.9 Å². The molecule has 0 spiro atoms. The van der Waals surface area contributed by atoms with E-state index >= 15 is 0 Å². The first-order valence-corrected chi connectivity index (χ1v) is 16.0. The van der Waals surface area contributed by atoms with E-state index in [-0.39, 0.29) is 0 Å². The van der Waals surface area contributed by atoms with Crippen molar-refractivity contribution in [3.63, 3.8) is 0 Å². The first-order valence-electron chi connectivity index (χ1n) is 16.0. The Kier molecular flexibility index (Phi) is 7.87. The minimum atomic E-state index is 0.660. The van der Waals surface area contributed by atoms with Gasteiger partial charge in [-0.1, -0.05) is 109 Å². The number of hydrogen-bond donors (Lipinski definition) is 0. The Balaban J connectivity index is 1.33. The summed E-state index contributed by atoms with van der Waals surface area (Å²) in [6.07, 6.45) is 3.64. The topological polar surface area (TPSA) is 51.6 Å². The molecule has 0 amide bonds. The standard InChI is InChI=1S/C44H30N4/c1-3-13-31(14-4-1)33-17-11-19-35(25-33)42-30-43(48-44(47-42)36-20-12-18-34(26-36)32-15-5-2-6-16-32)39-28-37(40-21-7-9-23-45-40)27-38(29-39)41-22-8-10-24-46-41/h1-30H. The van der Waals surface area contributed by atoms with Crippen LogP contribution < -0.4 is 0 Å². The van der Waals surface area contributed by atoms with Crippen molar-refractivity contribution in [3.8, 4) is 78.7 Å². The van der Waals surface area contributed by atoms with E-state index in [0.717, 1.165) is 72.8 Å². The second-order valence-electron chi connectivity index (χ2n) is 11.6. The van der Waals surface area contributed by atoms with Crippen LogP contribution in [0.3, 0.4) is 0 Å². The van der Waals surface area contributed by atoms with Gasteiger partial charge in [-0.3, -0.25) is 9.97 Å². The lowest BCUT2D eigenvalue weighted by atomic mass is 9.97. The highest BCUT2D eigenvalue weighted by atomic mass is 14.9. The van der Waals surface area contributed by atoms with Gasteiger partial charge in [-0.2, -0.15) is 0 Å². The molecule has 4 nitrogen and oxygen atoms in total. The number of hydrogen-bond acceptors (Lipinski definition) is 4. The lowest BCUT2D eigenvalue weighted by Gasteiger charge is -2.13. The van der Waals surface area contributed by atoms with E-state index in [1.165, 1.54) is 0 Å². The quantitative estimate of drug-likeness (QED) is 0.179. The normalized spacial score (nSPS) is 10.9. The van der Waals surface area contributed by atoms with Crippen LogP contribution in [0.15, 0.2) is 182 Å². The average Bonchev–Trinajstić information content (AvgIpc) is 3.19. The van der Waals surface area contributed by atoms with Gasteiger partial charge in [0.05, 0.1) is 22.8 Å². The molecule has 0 saturated heterocycles. The third kappa shape index (κ3) is 6.15. The summed E-state index contributed by atoms with van der Waals surface area (Å²) in [4.78, 5) is 19.8. The molecule has 0 N–H and O–H groups in total. The monoisotopic (exact) mass is 614 g/mol. The van der Waals surface area contributed by atoms with Crippen molar-refractivity contribution in [1.29, 1.82) is 0 Å². The van der Waals surface area contributed by atoms with Gasteiger partial charge in [-0.15, -0.1) is 0 Å². The molecule has 0 bridgehead atoms. The molecule has 3 aromatic heterocycles. The third-order valence-corrected chi connectivity index (χ3v) is 8.37. The average molecular weight is 615 g/mol. The largest absolute Gasteiger partial charge is 0.256 e. The summed E-state index contributed by atoms with van der Waals surface area (Å²) in [6, 6.07) is 58.3. The second-order valence-corrected chi connectivity index (χ2v) is 11.6. The zero-order valence-corrected chi connectivity index (χ0v) is 26.1. The van der Waals surface area contributed by atoms with Gasteiger partial charge in [-0.05, 0) is 82.9 Å².